The van der Waals surface area contributed by atoms with Gasteiger partial charge in [0.2, 0.25) is 0 Å². The Labute approximate surface area is 202 Å². The van der Waals surface area contributed by atoms with Gasteiger partial charge in [0, 0.05) is 17.3 Å². The summed E-state index contributed by atoms with van der Waals surface area (Å²) in [7, 11) is 0. The number of rotatable bonds is 6. The van der Waals surface area contributed by atoms with E-state index in [0.29, 0.717) is 10.0 Å². The second kappa shape index (κ2) is 9.38. The first-order valence-electron chi connectivity index (χ1n) is 11.0. The number of thiophene rings is 1. The van der Waals surface area contributed by atoms with Crippen molar-refractivity contribution in [2.45, 2.75) is 31.8 Å². The third-order valence-corrected chi connectivity index (χ3v) is 7.09. The summed E-state index contributed by atoms with van der Waals surface area (Å²) < 4.78 is 6.12. The van der Waals surface area contributed by atoms with Gasteiger partial charge >= 0.3 is 6.09 Å². The van der Waals surface area contributed by atoms with Gasteiger partial charge in [0.25, 0.3) is 0 Å². The molecule has 0 bridgehead atoms. The van der Waals surface area contributed by atoms with E-state index < -0.39 is 6.09 Å². The maximum absolute atomic E-state index is 12.5. The quantitative estimate of drug-likeness (QED) is 0.305. The first kappa shape index (κ1) is 21.7. The standard InChI is InChI=1S/C27H23ClN2O2S/c1-17(18-5-3-2-4-6-18)32-27(31)30-24-15-25(28)33-26(24)22-13-14-23(29-16-22)21-11-9-20(10-12-21)19-7-8-19/h2-6,9-17,19H,7-8H2,1H3,(H,30,31)/t17-/m1/s1. The van der Waals surface area contributed by atoms with Crippen molar-refractivity contribution in [2.75, 3.05) is 5.32 Å². The normalized spacial score (nSPS) is 14.0. The molecule has 1 fully saturated rings. The van der Waals surface area contributed by atoms with Crippen molar-refractivity contribution in [3.8, 4) is 21.7 Å². The topological polar surface area (TPSA) is 51.2 Å². The molecular formula is C27H23ClN2O2S. The van der Waals surface area contributed by atoms with Gasteiger partial charge < -0.3 is 4.74 Å². The first-order chi connectivity index (χ1) is 16.1. The number of nitrogens with one attached hydrogen (secondary N) is 1. The zero-order valence-corrected chi connectivity index (χ0v) is 19.7. The Bertz CT molecular complexity index is 1250. The number of carbonyl (C=O) groups is 1. The number of benzene rings is 2. The van der Waals surface area contributed by atoms with Crippen LogP contribution in [0.15, 0.2) is 79.0 Å². The van der Waals surface area contributed by atoms with Crippen LogP contribution in [0.2, 0.25) is 4.34 Å². The highest BCUT2D eigenvalue weighted by Crippen LogP contribution is 2.41. The fourth-order valence-corrected chi connectivity index (χ4v) is 4.97. The van der Waals surface area contributed by atoms with Gasteiger partial charge in [-0.2, -0.15) is 0 Å². The number of pyridine rings is 1. The molecule has 0 radical (unpaired) electrons. The second-order valence-corrected chi connectivity index (χ2v) is 9.89. The van der Waals surface area contributed by atoms with Crippen LogP contribution in [0, 0.1) is 0 Å². The molecule has 5 rings (SSSR count). The molecule has 33 heavy (non-hydrogen) atoms. The van der Waals surface area contributed by atoms with Crippen LogP contribution in [-0.2, 0) is 4.74 Å². The molecule has 0 spiro atoms. The molecule has 4 nitrogen and oxygen atoms in total. The maximum Gasteiger partial charge on any atom is 0.412 e. The molecular weight excluding hydrogens is 452 g/mol. The summed E-state index contributed by atoms with van der Waals surface area (Å²) in [5.74, 6) is 0.742. The van der Waals surface area contributed by atoms with Crippen LogP contribution >= 0.6 is 22.9 Å². The number of hydrogen-bond donors (Lipinski definition) is 1. The number of halogens is 1. The first-order valence-corrected chi connectivity index (χ1v) is 12.1. The Hall–Kier alpha value is -3.15. The molecule has 1 amide bonds. The van der Waals surface area contributed by atoms with Gasteiger partial charge in [0.15, 0.2) is 0 Å². The van der Waals surface area contributed by atoms with E-state index >= 15 is 0 Å². The number of ether oxygens (including phenoxy) is 1. The fraction of sp³-hybridized carbons (Fsp3) is 0.185. The van der Waals surface area contributed by atoms with Gasteiger partial charge in [0.1, 0.15) is 6.10 Å². The minimum absolute atomic E-state index is 0.365. The number of hydrogen-bond acceptors (Lipinski definition) is 4. The van der Waals surface area contributed by atoms with Crippen molar-refractivity contribution in [2.24, 2.45) is 0 Å². The summed E-state index contributed by atoms with van der Waals surface area (Å²) in [5, 5.41) is 2.84. The van der Waals surface area contributed by atoms with Crippen LogP contribution in [0.3, 0.4) is 0 Å². The lowest BCUT2D eigenvalue weighted by Gasteiger charge is -2.14. The number of carbonyl (C=O) groups excluding carboxylic acids is 1. The molecule has 1 atom stereocenters. The Morgan fingerprint density at radius 3 is 2.45 bits per heavy atom. The van der Waals surface area contributed by atoms with Crippen LogP contribution in [0.4, 0.5) is 10.5 Å². The van der Waals surface area contributed by atoms with Gasteiger partial charge in [-0.05, 0) is 55.0 Å². The Balaban J connectivity index is 1.30. The van der Waals surface area contributed by atoms with Crippen molar-refractivity contribution >= 4 is 34.7 Å². The zero-order chi connectivity index (χ0) is 22.8. The molecule has 0 unspecified atom stereocenters. The molecule has 0 aliphatic heterocycles. The van der Waals surface area contributed by atoms with Crippen LogP contribution in [0.25, 0.3) is 21.7 Å². The maximum atomic E-state index is 12.5. The average Bonchev–Trinajstić information content (AvgIpc) is 3.63. The summed E-state index contributed by atoms with van der Waals surface area (Å²) in [5.41, 5.74) is 5.84. The van der Waals surface area contributed by atoms with E-state index in [2.05, 4.69) is 34.6 Å². The molecule has 1 saturated carbocycles. The molecule has 166 valence electrons. The van der Waals surface area contributed by atoms with Gasteiger partial charge in [-0.3, -0.25) is 10.3 Å². The van der Waals surface area contributed by atoms with Crippen molar-refractivity contribution in [3.63, 3.8) is 0 Å². The summed E-state index contributed by atoms with van der Waals surface area (Å²) in [4.78, 5) is 18.0. The van der Waals surface area contributed by atoms with E-state index in [9.17, 15) is 4.79 Å². The third kappa shape index (κ3) is 5.10. The Morgan fingerprint density at radius 1 is 1.06 bits per heavy atom. The van der Waals surface area contributed by atoms with E-state index in [1.165, 1.54) is 29.7 Å². The molecule has 2 aromatic heterocycles. The molecule has 1 aliphatic carbocycles. The predicted octanol–water partition coefficient (Wildman–Crippen LogP) is 8.32. The van der Waals surface area contributed by atoms with Crippen molar-refractivity contribution in [3.05, 3.63) is 94.5 Å². The average molecular weight is 475 g/mol. The lowest BCUT2D eigenvalue weighted by Crippen LogP contribution is -2.16. The molecule has 1 N–H and O–H groups in total. The number of amides is 1. The van der Waals surface area contributed by atoms with Crippen molar-refractivity contribution in [1.29, 1.82) is 0 Å². The minimum Gasteiger partial charge on any atom is -0.441 e. The summed E-state index contributed by atoms with van der Waals surface area (Å²) in [6.07, 6.45) is 3.52. The summed E-state index contributed by atoms with van der Waals surface area (Å²) in [6, 6.07) is 24.0. The van der Waals surface area contributed by atoms with E-state index in [1.54, 1.807) is 6.07 Å². The SMILES string of the molecule is C[C@@H](OC(=O)Nc1cc(Cl)sc1-c1ccc(-c2ccc(C3CC3)cc2)nc1)c1ccccc1. The third-order valence-electron chi connectivity index (χ3n) is 5.77. The second-order valence-electron chi connectivity index (χ2n) is 8.20. The molecule has 6 heteroatoms. The lowest BCUT2D eigenvalue weighted by molar-refractivity contribution is 0.121. The van der Waals surface area contributed by atoms with E-state index in [-0.39, 0.29) is 6.10 Å². The van der Waals surface area contributed by atoms with Crippen LogP contribution in [0.1, 0.15) is 42.9 Å². The van der Waals surface area contributed by atoms with Crippen LogP contribution in [-0.4, -0.2) is 11.1 Å². The fourth-order valence-electron chi connectivity index (χ4n) is 3.80. The van der Waals surface area contributed by atoms with Crippen molar-refractivity contribution in [1.82, 2.24) is 4.98 Å². The van der Waals surface area contributed by atoms with Gasteiger partial charge in [-0.1, -0.05) is 66.2 Å². The lowest BCUT2D eigenvalue weighted by atomic mass is 10.1. The molecule has 4 aromatic rings. The monoisotopic (exact) mass is 474 g/mol. The molecule has 2 aromatic carbocycles. The van der Waals surface area contributed by atoms with E-state index in [4.69, 9.17) is 16.3 Å². The Kier molecular flexibility index (Phi) is 6.16. The highest BCUT2D eigenvalue weighted by Gasteiger charge is 2.23. The smallest absolute Gasteiger partial charge is 0.412 e. The van der Waals surface area contributed by atoms with Crippen LogP contribution < -0.4 is 5.32 Å². The molecule has 1 aliphatic rings. The highest BCUT2D eigenvalue weighted by molar-refractivity contribution is 7.20. The van der Waals surface area contributed by atoms with Gasteiger partial charge in [-0.15, -0.1) is 11.3 Å². The molecule has 0 saturated heterocycles. The minimum atomic E-state index is -0.526. The van der Waals surface area contributed by atoms with Crippen molar-refractivity contribution < 1.29 is 9.53 Å². The Morgan fingerprint density at radius 2 is 1.79 bits per heavy atom. The summed E-state index contributed by atoms with van der Waals surface area (Å²) >= 11 is 7.67. The summed E-state index contributed by atoms with van der Waals surface area (Å²) in [6.45, 7) is 1.84. The van der Waals surface area contributed by atoms with E-state index in [1.807, 2.05) is 55.6 Å². The van der Waals surface area contributed by atoms with E-state index in [0.717, 1.165) is 33.2 Å². The number of anilines is 1. The largest absolute Gasteiger partial charge is 0.441 e. The number of nitrogens with zero attached hydrogens (tertiary/aromatic N) is 1. The molecule has 2 heterocycles. The van der Waals surface area contributed by atoms with Gasteiger partial charge in [-0.25, -0.2) is 4.79 Å². The van der Waals surface area contributed by atoms with Crippen LogP contribution in [0.5, 0.6) is 0 Å². The highest BCUT2D eigenvalue weighted by atomic mass is 35.5. The zero-order valence-electron chi connectivity index (χ0n) is 18.1. The van der Waals surface area contributed by atoms with Gasteiger partial charge in [0.05, 0.1) is 20.6 Å². The predicted molar refractivity (Wildman–Crippen MR) is 135 cm³/mol. The number of aromatic nitrogens is 1.